The van der Waals surface area contributed by atoms with Crippen molar-refractivity contribution in [3.05, 3.63) is 63.1 Å². The Kier molecular flexibility index (Phi) is 7.61. The standard InChI is InChI=1S/C21H22Cl3N3O3S2/c22-15-3-1-13(2-4-15)12-31-21-19(14-7-9-27(21)10-8-14)20(28)25-26-32(29,30)18-6-5-16(23)11-17(18)24/h1-6,11,14,19,21,26H,7-10,12H2,(H,25,28). The van der Waals surface area contributed by atoms with E-state index in [4.69, 9.17) is 34.8 Å². The molecule has 6 nitrogen and oxygen atoms in total. The number of piperidine rings is 3. The van der Waals surface area contributed by atoms with Gasteiger partial charge in [0.15, 0.2) is 0 Å². The molecule has 11 heteroatoms. The first-order valence-corrected chi connectivity index (χ1v) is 13.8. The zero-order valence-electron chi connectivity index (χ0n) is 16.9. The molecule has 0 saturated carbocycles. The van der Waals surface area contributed by atoms with Crippen LogP contribution in [0.5, 0.6) is 0 Å². The molecule has 0 aromatic heterocycles. The second-order valence-corrected chi connectivity index (χ2v) is 11.9. The first-order valence-electron chi connectivity index (χ1n) is 10.1. The zero-order valence-corrected chi connectivity index (χ0v) is 20.8. The molecule has 3 saturated heterocycles. The number of hydrogen-bond acceptors (Lipinski definition) is 5. The number of fused-ring (bicyclic) bond motifs is 3. The van der Waals surface area contributed by atoms with E-state index in [-0.39, 0.29) is 33.0 Å². The van der Waals surface area contributed by atoms with Crippen molar-refractivity contribution in [3.63, 3.8) is 0 Å². The third-order valence-corrected chi connectivity index (χ3v) is 9.53. The van der Waals surface area contributed by atoms with Gasteiger partial charge in [0.1, 0.15) is 4.90 Å². The number of benzene rings is 2. The van der Waals surface area contributed by atoms with E-state index < -0.39 is 10.0 Å². The molecule has 1 amide bonds. The van der Waals surface area contributed by atoms with Gasteiger partial charge in [-0.3, -0.25) is 15.1 Å². The molecule has 2 unspecified atom stereocenters. The summed E-state index contributed by atoms with van der Waals surface area (Å²) in [6, 6.07) is 11.7. The summed E-state index contributed by atoms with van der Waals surface area (Å²) in [6.45, 7) is 1.89. The Morgan fingerprint density at radius 3 is 2.34 bits per heavy atom. The summed E-state index contributed by atoms with van der Waals surface area (Å²) in [7, 11) is -4.04. The van der Waals surface area contributed by atoms with Crippen molar-refractivity contribution in [2.45, 2.75) is 28.9 Å². The van der Waals surface area contributed by atoms with Gasteiger partial charge in [-0.25, -0.2) is 8.42 Å². The summed E-state index contributed by atoms with van der Waals surface area (Å²) in [4.78, 5) is 17.5. The summed E-state index contributed by atoms with van der Waals surface area (Å²) < 4.78 is 25.3. The van der Waals surface area contributed by atoms with Gasteiger partial charge < -0.3 is 0 Å². The lowest BCUT2D eigenvalue weighted by Crippen LogP contribution is -2.59. The Bertz CT molecular complexity index is 1090. The zero-order chi connectivity index (χ0) is 22.9. The number of hydrogen-bond donors (Lipinski definition) is 2. The van der Waals surface area contributed by atoms with Gasteiger partial charge in [-0.1, -0.05) is 46.9 Å². The van der Waals surface area contributed by atoms with Gasteiger partial charge >= 0.3 is 0 Å². The molecular weight excluding hydrogens is 513 g/mol. The average Bonchev–Trinajstić information content (AvgIpc) is 2.77. The third kappa shape index (κ3) is 5.38. The van der Waals surface area contributed by atoms with Crippen LogP contribution >= 0.6 is 46.6 Å². The van der Waals surface area contributed by atoms with E-state index in [1.807, 2.05) is 24.3 Å². The minimum atomic E-state index is -4.04. The lowest BCUT2D eigenvalue weighted by atomic mass is 9.78. The largest absolute Gasteiger partial charge is 0.291 e. The van der Waals surface area contributed by atoms with Gasteiger partial charge in [0.2, 0.25) is 5.91 Å². The molecule has 5 rings (SSSR count). The minimum Gasteiger partial charge on any atom is -0.291 e. The number of nitrogens with one attached hydrogen (secondary N) is 2. The van der Waals surface area contributed by atoms with E-state index >= 15 is 0 Å². The van der Waals surface area contributed by atoms with Gasteiger partial charge in [-0.05, 0) is 67.7 Å². The van der Waals surface area contributed by atoms with Crippen LogP contribution in [0.25, 0.3) is 0 Å². The Hall–Kier alpha value is -1.00. The van der Waals surface area contributed by atoms with Crippen LogP contribution in [0, 0.1) is 11.8 Å². The van der Waals surface area contributed by atoms with Crippen molar-refractivity contribution >= 4 is 62.5 Å². The number of rotatable bonds is 7. The van der Waals surface area contributed by atoms with Gasteiger partial charge in [0, 0.05) is 15.8 Å². The van der Waals surface area contributed by atoms with Crippen LogP contribution in [-0.4, -0.2) is 37.7 Å². The molecular formula is C21H22Cl3N3O3S2. The van der Waals surface area contributed by atoms with Crippen LogP contribution in [0.4, 0.5) is 0 Å². The molecule has 3 heterocycles. The van der Waals surface area contributed by atoms with E-state index in [2.05, 4.69) is 15.2 Å². The SMILES string of the molecule is O=C(NNS(=O)(=O)c1ccc(Cl)cc1Cl)C1C2CCN(CC2)C1SCc1ccc(Cl)cc1. The number of amides is 1. The molecule has 3 fully saturated rings. The number of halogens is 3. The highest BCUT2D eigenvalue weighted by molar-refractivity contribution is 7.99. The van der Waals surface area contributed by atoms with Crippen molar-refractivity contribution in [1.29, 1.82) is 0 Å². The van der Waals surface area contributed by atoms with Crippen LogP contribution in [0.2, 0.25) is 15.1 Å². The fourth-order valence-electron chi connectivity index (χ4n) is 4.26. The van der Waals surface area contributed by atoms with Crippen LogP contribution in [-0.2, 0) is 20.6 Å². The fourth-order valence-corrected chi connectivity index (χ4v) is 7.53. The topological polar surface area (TPSA) is 78.5 Å². The average molecular weight is 535 g/mol. The monoisotopic (exact) mass is 533 g/mol. The number of carbonyl (C=O) groups excluding carboxylic acids is 1. The van der Waals surface area contributed by atoms with Crippen LogP contribution < -0.4 is 10.3 Å². The van der Waals surface area contributed by atoms with Crippen molar-refractivity contribution in [3.8, 4) is 0 Å². The molecule has 0 spiro atoms. The molecule has 0 aliphatic carbocycles. The molecule has 172 valence electrons. The van der Waals surface area contributed by atoms with Crippen molar-refractivity contribution in [2.75, 3.05) is 13.1 Å². The molecule has 0 radical (unpaired) electrons. The lowest BCUT2D eigenvalue weighted by molar-refractivity contribution is -0.132. The van der Waals surface area contributed by atoms with Gasteiger partial charge in [0.25, 0.3) is 10.0 Å². The van der Waals surface area contributed by atoms with Gasteiger partial charge in [-0.15, -0.1) is 16.6 Å². The Labute approximate surface area is 207 Å². The van der Waals surface area contributed by atoms with Gasteiger partial charge in [-0.2, -0.15) is 0 Å². The van der Waals surface area contributed by atoms with Gasteiger partial charge in [0.05, 0.1) is 16.3 Å². The van der Waals surface area contributed by atoms with Crippen LogP contribution in [0.3, 0.4) is 0 Å². The summed E-state index contributed by atoms with van der Waals surface area (Å²) in [5.41, 5.74) is 3.55. The minimum absolute atomic E-state index is 0.0153. The summed E-state index contributed by atoms with van der Waals surface area (Å²) in [5.74, 6) is 0.298. The Balaban J connectivity index is 1.44. The third-order valence-electron chi connectivity index (χ3n) is 5.88. The van der Waals surface area contributed by atoms with Crippen molar-refractivity contribution in [2.24, 2.45) is 11.8 Å². The highest BCUT2D eigenvalue weighted by Gasteiger charge is 2.46. The van der Waals surface area contributed by atoms with Crippen LogP contribution in [0.15, 0.2) is 47.4 Å². The molecule has 2 aromatic rings. The molecule has 3 aliphatic rings. The van der Waals surface area contributed by atoms with Crippen molar-refractivity contribution in [1.82, 2.24) is 15.2 Å². The van der Waals surface area contributed by atoms with E-state index in [0.717, 1.165) is 37.2 Å². The number of sulfonamides is 1. The molecule has 2 aromatic carbocycles. The highest BCUT2D eigenvalue weighted by Crippen LogP contribution is 2.42. The number of thioether (sulfide) groups is 1. The molecule has 2 atom stereocenters. The number of carbonyl (C=O) groups is 1. The number of nitrogens with zero attached hydrogens (tertiary/aromatic N) is 1. The lowest BCUT2D eigenvalue weighted by Gasteiger charge is -2.49. The maximum Gasteiger partial charge on any atom is 0.258 e. The fraction of sp³-hybridized carbons (Fsp3) is 0.381. The Morgan fingerprint density at radius 2 is 1.69 bits per heavy atom. The number of hydrazine groups is 1. The predicted molar refractivity (Wildman–Crippen MR) is 129 cm³/mol. The second kappa shape index (κ2) is 10.1. The maximum absolute atomic E-state index is 13.1. The van der Waals surface area contributed by atoms with E-state index in [9.17, 15) is 13.2 Å². The van der Waals surface area contributed by atoms with E-state index in [1.54, 1.807) is 11.8 Å². The van der Waals surface area contributed by atoms with Crippen LogP contribution in [0.1, 0.15) is 18.4 Å². The summed E-state index contributed by atoms with van der Waals surface area (Å²) in [6.07, 6.45) is 1.84. The molecule has 32 heavy (non-hydrogen) atoms. The maximum atomic E-state index is 13.1. The van der Waals surface area contributed by atoms with E-state index in [1.165, 1.54) is 18.2 Å². The summed E-state index contributed by atoms with van der Waals surface area (Å²) in [5, 5.41) is 0.968. The quantitative estimate of drug-likeness (QED) is 0.509. The van der Waals surface area contributed by atoms with Crippen molar-refractivity contribution < 1.29 is 13.2 Å². The van der Waals surface area contributed by atoms with E-state index in [0.29, 0.717) is 10.0 Å². The first-order chi connectivity index (χ1) is 15.2. The molecule has 2 bridgehead atoms. The summed E-state index contributed by atoms with van der Waals surface area (Å²) >= 11 is 19.5. The normalized spacial score (nSPS) is 25.0. The Morgan fingerprint density at radius 1 is 1.03 bits per heavy atom. The predicted octanol–water partition coefficient (Wildman–Crippen LogP) is 4.56. The highest BCUT2D eigenvalue weighted by atomic mass is 35.5. The molecule has 3 aliphatic heterocycles. The first kappa shape index (κ1) is 24.1. The smallest absolute Gasteiger partial charge is 0.258 e. The second-order valence-electron chi connectivity index (χ2n) is 7.90. The molecule has 2 N–H and O–H groups in total.